The minimum absolute atomic E-state index is 0. The van der Waals surface area contributed by atoms with Crippen molar-refractivity contribution in [2.75, 3.05) is 0 Å². The van der Waals surface area contributed by atoms with E-state index in [1.165, 1.54) is 47.1 Å². The first-order chi connectivity index (χ1) is 9.33. The molecule has 2 aromatic rings. The van der Waals surface area contributed by atoms with E-state index in [2.05, 4.69) is 42.5 Å². The van der Waals surface area contributed by atoms with Crippen LogP contribution in [0.2, 0.25) is 0 Å². The molecular formula is C18H20ClN. The van der Waals surface area contributed by atoms with E-state index in [1.54, 1.807) is 0 Å². The van der Waals surface area contributed by atoms with E-state index in [4.69, 9.17) is 5.73 Å². The van der Waals surface area contributed by atoms with Crippen molar-refractivity contribution < 1.29 is 0 Å². The van der Waals surface area contributed by atoms with Crippen LogP contribution >= 0.6 is 12.4 Å². The molecule has 1 fully saturated rings. The van der Waals surface area contributed by atoms with Gasteiger partial charge in [0.1, 0.15) is 0 Å². The number of rotatable bonds is 2. The van der Waals surface area contributed by atoms with Crippen molar-refractivity contribution in [1.29, 1.82) is 0 Å². The van der Waals surface area contributed by atoms with Crippen molar-refractivity contribution >= 4 is 12.4 Å². The summed E-state index contributed by atoms with van der Waals surface area (Å²) in [5, 5.41) is 0. The Morgan fingerprint density at radius 3 is 2.45 bits per heavy atom. The highest BCUT2D eigenvalue weighted by Crippen LogP contribution is 2.40. The monoisotopic (exact) mass is 285 g/mol. The lowest BCUT2D eigenvalue weighted by atomic mass is 9.77. The molecule has 2 heteroatoms. The van der Waals surface area contributed by atoms with Gasteiger partial charge in [-0.05, 0) is 53.0 Å². The number of hydrogen-bond acceptors (Lipinski definition) is 1. The van der Waals surface area contributed by atoms with Crippen LogP contribution in [0.15, 0.2) is 42.5 Å². The third-order valence-electron chi connectivity index (χ3n) is 4.86. The van der Waals surface area contributed by atoms with Gasteiger partial charge in [0.25, 0.3) is 0 Å². The second kappa shape index (κ2) is 5.23. The quantitative estimate of drug-likeness (QED) is 0.738. The summed E-state index contributed by atoms with van der Waals surface area (Å²) in [6.07, 6.45) is 5.03. The molecule has 0 aromatic heterocycles. The van der Waals surface area contributed by atoms with Crippen molar-refractivity contribution in [3.63, 3.8) is 0 Å². The van der Waals surface area contributed by atoms with Gasteiger partial charge in [-0.1, -0.05) is 48.9 Å². The Morgan fingerprint density at radius 2 is 1.70 bits per heavy atom. The van der Waals surface area contributed by atoms with Crippen LogP contribution in [0.5, 0.6) is 0 Å². The summed E-state index contributed by atoms with van der Waals surface area (Å²) in [5.41, 5.74) is 13.4. The molecule has 0 radical (unpaired) electrons. The predicted octanol–water partition coefficient (Wildman–Crippen LogP) is 4.48. The molecule has 4 rings (SSSR count). The van der Waals surface area contributed by atoms with Gasteiger partial charge in [0, 0.05) is 6.04 Å². The summed E-state index contributed by atoms with van der Waals surface area (Å²) in [6.45, 7) is 0. The summed E-state index contributed by atoms with van der Waals surface area (Å²) >= 11 is 0. The molecule has 0 bridgehead atoms. The normalized spacial score (nSPS) is 17.6. The second-order valence-corrected chi connectivity index (χ2v) is 5.97. The average molecular weight is 286 g/mol. The van der Waals surface area contributed by atoms with Crippen LogP contribution in [0.4, 0.5) is 0 Å². The Bertz CT molecular complexity index is 631. The molecule has 1 nitrogen and oxygen atoms in total. The molecule has 2 aliphatic carbocycles. The van der Waals surface area contributed by atoms with E-state index in [9.17, 15) is 0 Å². The van der Waals surface area contributed by atoms with Crippen molar-refractivity contribution in [2.24, 2.45) is 11.7 Å². The van der Waals surface area contributed by atoms with Gasteiger partial charge in [0.15, 0.2) is 0 Å². The van der Waals surface area contributed by atoms with E-state index in [1.807, 2.05) is 0 Å². The summed E-state index contributed by atoms with van der Waals surface area (Å²) in [5.74, 6) is 0.710. The topological polar surface area (TPSA) is 26.0 Å². The number of benzene rings is 2. The zero-order chi connectivity index (χ0) is 12.8. The maximum Gasteiger partial charge on any atom is 0.0323 e. The third kappa shape index (κ3) is 2.06. The number of halogens is 1. The summed E-state index contributed by atoms with van der Waals surface area (Å²) in [4.78, 5) is 0. The zero-order valence-electron chi connectivity index (χ0n) is 11.5. The van der Waals surface area contributed by atoms with Gasteiger partial charge < -0.3 is 5.73 Å². The molecule has 0 unspecified atom stereocenters. The van der Waals surface area contributed by atoms with Crippen LogP contribution in [0.25, 0.3) is 11.1 Å². The molecule has 104 valence electrons. The smallest absolute Gasteiger partial charge is 0.0323 e. The molecule has 20 heavy (non-hydrogen) atoms. The van der Waals surface area contributed by atoms with Crippen molar-refractivity contribution in [1.82, 2.24) is 0 Å². The lowest BCUT2D eigenvalue weighted by Gasteiger charge is -2.31. The molecule has 0 aliphatic heterocycles. The Kier molecular flexibility index (Phi) is 3.57. The standard InChI is InChI=1S/C18H19N.ClH/c19-18(12-5-3-6-12)14-8-9-17-15(11-14)10-13-4-1-2-7-16(13)17;/h1-2,4,7-9,11-12,18H,3,5-6,10,19H2;1H/t18-;/m0./s1. The molecule has 1 atom stereocenters. The van der Waals surface area contributed by atoms with Gasteiger partial charge in [-0.15, -0.1) is 12.4 Å². The molecule has 2 aromatic carbocycles. The van der Waals surface area contributed by atoms with Crippen LogP contribution in [0.3, 0.4) is 0 Å². The van der Waals surface area contributed by atoms with Gasteiger partial charge in [0.2, 0.25) is 0 Å². The molecule has 2 N–H and O–H groups in total. The fraction of sp³-hybridized carbons (Fsp3) is 0.333. The Labute approximate surface area is 126 Å². The second-order valence-electron chi connectivity index (χ2n) is 5.97. The number of nitrogens with two attached hydrogens (primary N) is 1. The maximum atomic E-state index is 6.40. The first-order valence-electron chi connectivity index (χ1n) is 7.29. The van der Waals surface area contributed by atoms with E-state index in [0.29, 0.717) is 5.92 Å². The Hall–Kier alpha value is -1.31. The lowest BCUT2D eigenvalue weighted by Crippen LogP contribution is -2.26. The molecule has 1 saturated carbocycles. The van der Waals surface area contributed by atoms with Crippen LogP contribution in [-0.4, -0.2) is 0 Å². The summed E-state index contributed by atoms with van der Waals surface area (Å²) in [6, 6.07) is 15.8. The zero-order valence-corrected chi connectivity index (χ0v) is 12.3. The SMILES string of the molecule is Cl.N[C@H](c1ccc2c(c1)Cc1ccccc1-2)C1CCC1. The van der Waals surface area contributed by atoms with Crippen molar-refractivity contribution in [3.8, 4) is 11.1 Å². The Morgan fingerprint density at radius 1 is 0.950 bits per heavy atom. The summed E-state index contributed by atoms with van der Waals surface area (Å²) < 4.78 is 0. The molecule has 2 aliphatic rings. The molecule has 0 heterocycles. The molecule has 0 spiro atoms. The third-order valence-corrected chi connectivity index (χ3v) is 4.86. The molecule has 0 amide bonds. The van der Waals surface area contributed by atoms with Crippen LogP contribution in [0.1, 0.15) is 42.0 Å². The maximum absolute atomic E-state index is 6.40. The lowest BCUT2D eigenvalue weighted by molar-refractivity contribution is 0.264. The van der Waals surface area contributed by atoms with Crippen molar-refractivity contribution in [2.45, 2.75) is 31.7 Å². The van der Waals surface area contributed by atoms with Gasteiger partial charge in [-0.25, -0.2) is 0 Å². The van der Waals surface area contributed by atoms with Crippen LogP contribution in [-0.2, 0) is 6.42 Å². The minimum atomic E-state index is 0. The average Bonchev–Trinajstić information content (AvgIpc) is 2.74. The highest BCUT2D eigenvalue weighted by atomic mass is 35.5. The van der Waals surface area contributed by atoms with Gasteiger partial charge in [-0.3, -0.25) is 0 Å². The van der Waals surface area contributed by atoms with Crippen LogP contribution < -0.4 is 5.73 Å². The number of fused-ring (bicyclic) bond motifs is 3. The predicted molar refractivity (Wildman–Crippen MR) is 86.2 cm³/mol. The fourth-order valence-corrected chi connectivity index (χ4v) is 3.44. The largest absolute Gasteiger partial charge is 0.324 e. The minimum Gasteiger partial charge on any atom is -0.324 e. The van der Waals surface area contributed by atoms with Gasteiger partial charge in [-0.2, -0.15) is 0 Å². The van der Waals surface area contributed by atoms with Crippen LogP contribution in [0, 0.1) is 5.92 Å². The molecule has 0 saturated heterocycles. The van der Waals surface area contributed by atoms with Crippen molar-refractivity contribution in [3.05, 3.63) is 59.2 Å². The fourth-order valence-electron chi connectivity index (χ4n) is 3.44. The number of hydrogen-bond donors (Lipinski definition) is 1. The molecular weight excluding hydrogens is 266 g/mol. The van der Waals surface area contributed by atoms with E-state index < -0.39 is 0 Å². The highest BCUT2D eigenvalue weighted by molar-refractivity contribution is 5.85. The van der Waals surface area contributed by atoms with E-state index in [-0.39, 0.29) is 18.4 Å². The first-order valence-corrected chi connectivity index (χ1v) is 7.29. The van der Waals surface area contributed by atoms with E-state index >= 15 is 0 Å². The highest BCUT2D eigenvalue weighted by Gasteiger charge is 2.26. The van der Waals surface area contributed by atoms with Gasteiger partial charge >= 0.3 is 0 Å². The summed E-state index contributed by atoms with van der Waals surface area (Å²) in [7, 11) is 0. The first kappa shape index (κ1) is 13.7. The Balaban J connectivity index is 0.00000121. The van der Waals surface area contributed by atoms with E-state index in [0.717, 1.165) is 6.42 Å². The van der Waals surface area contributed by atoms with Gasteiger partial charge in [0.05, 0.1) is 0 Å².